The summed E-state index contributed by atoms with van der Waals surface area (Å²) in [6.45, 7) is 0.365. The minimum absolute atomic E-state index is 0.0357. The number of aromatic nitrogens is 2. The van der Waals surface area contributed by atoms with Gasteiger partial charge in [-0.15, -0.1) is 0 Å². The Morgan fingerprint density at radius 2 is 2.24 bits per heavy atom. The average molecular weight is 405 g/mol. The van der Waals surface area contributed by atoms with Crippen molar-refractivity contribution in [3.63, 3.8) is 0 Å². The smallest absolute Gasteiger partial charge is 0.259 e. The van der Waals surface area contributed by atoms with Gasteiger partial charge in [0.1, 0.15) is 17.9 Å². The van der Waals surface area contributed by atoms with E-state index in [0.29, 0.717) is 13.0 Å². The number of nitrogens with one attached hydrogen (secondary N) is 2. The summed E-state index contributed by atoms with van der Waals surface area (Å²) in [5, 5.41) is 10.4. The summed E-state index contributed by atoms with van der Waals surface area (Å²) in [4.78, 5) is 21.3. The molecule has 154 valence electrons. The van der Waals surface area contributed by atoms with Crippen LogP contribution in [0.15, 0.2) is 30.7 Å². The van der Waals surface area contributed by atoms with Gasteiger partial charge in [-0.1, -0.05) is 0 Å². The van der Waals surface area contributed by atoms with Gasteiger partial charge in [-0.3, -0.25) is 10.2 Å². The first-order chi connectivity index (χ1) is 13.9. The minimum atomic E-state index is -1.19. The molecule has 1 fully saturated rings. The van der Waals surface area contributed by atoms with Gasteiger partial charge in [-0.2, -0.15) is 9.37 Å². The molecular formula is C19H21F2N5O3. The lowest BCUT2D eigenvalue weighted by molar-refractivity contribution is -0.140. The fourth-order valence-corrected chi connectivity index (χ4v) is 3.47. The standard InChI is InChI=1S/C19H21F2N5O3/c1-23-19(9-28-6-5-13(19)18(27)26(2)10-22)14-7-12(3-4-15(14)20)29-17-16(21)8-24-11-25-17/h3-4,7-8,10-11,13,22-23H,5-6,9H2,1-2H3/t13-,19-/m0/s1. The Balaban J connectivity index is 2.04. The van der Waals surface area contributed by atoms with Gasteiger partial charge in [0.2, 0.25) is 11.7 Å². The number of benzene rings is 1. The van der Waals surface area contributed by atoms with E-state index in [9.17, 15) is 13.6 Å². The number of rotatable bonds is 6. The lowest BCUT2D eigenvalue weighted by Gasteiger charge is -2.44. The number of hydrogen-bond acceptors (Lipinski definition) is 7. The average Bonchev–Trinajstić information content (AvgIpc) is 2.75. The van der Waals surface area contributed by atoms with E-state index in [-0.39, 0.29) is 29.7 Å². The third-order valence-electron chi connectivity index (χ3n) is 5.03. The molecule has 2 aromatic rings. The molecule has 0 spiro atoms. The molecule has 1 aliphatic rings. The predicted octanol–water partition coefficient (Wildman–Crippen LogP) is 2.06. The summed E-state index contributed by atoms with van der Waals surface area (Å²) >= 11 is 0. The Kier molecular flexibility index (Phi) is 6.14. The van der Waals surface area contributed by atoms with Gasteiger partial charge < -0.3 is 19.7 Å². The highest BCUT2D eigenvalue weighted by Crippen LogP contribution is 2.39. The van der Waals surface area contributed by atoms with Crippen LogP contribution >= 0.6 is 0 Å². The topological polar surface area (TPSA) is 100 Å². The summed E-state index contributed by atoms with van der Waals surface area (Å²) in [7, 11) is 3.08. The third kappa shape index (κ3) is 3.94. The molecule has 2 N–H and O–H groups in total. The zero-order chi connectivity index (χ0) is 21.0. The Morgan fingerprint density at radius 3 is 2.93 bits per heavy atom. The van der Waals surface area contributed by atoms with Gasteiger partial charge in [0.05, 0.1) is 30.6 Å². The molecule has 8 nitrogen and oxygen atoms in total. The van der Waals surface area contributed by atoms with Crippen LogP contribution in [0.1, 0.15) is 12.0 Å². The van der Waals surface area contributed by atoms with Gasteiger partial charge in [-0.25, -0.2) is 9.37 Å². The number of carbonyl (C=O) groups excluding carboxylic acids is 1. The van der Waals surface area contributed by atoms with Crippen LogP contribution in [-0.2, 0) is 15.1 Å². The summed E-state index contributed by atoms with van der Waals surface area (Å²) in [6, 6.07) is 3.92. The van der Waals surface area contributed by atoms with E-state index in [2.05, 4.69) is 15.3 Å². The zero-order valence-corrected chi connectivity index (χ0v) is 16.0. The van der Waals surface area contributed by atoms with Gasteiger partial charge in [0.25, 0.3) is 5.88 Å². The monoisotopic (exact) mass is 405 g/mol. The predicted molar refractivity (Wildman–Crippen MR) is 99.7 cm³/mol. The Morgan fingerprint density at radius 1 is 1.45 bits per heavy atom. The molecule has 29 heavy (non-hydrogen) atoms. The van der Waals surface area contributed by atoms with E-state index in [1.54, 1.807) is 7.05 Å². The molecule has 0 aliphatic carbocycles. The van der Waals surface area contributed by atoms with E-state index >= 15 is 0 Å². The van der Waals surface area contributed by atoms with Gasteiger partial charge in [0, 0.05) is 19.2 Å². The van der Waals surface area contributed by atoms with Crippen LogP contribution in [0, 0.1) is 23.0 Å². The van der Waals surface area contributed by atoms with Crippen LogP contribution < -0.4 is 10.1 Å². The van der Waals surface area contributed by atoms with Crippen LogP contribution in [0.25, 0.3) is 0 Å². The molecule has 1 amide bonds. The first kappa shape index (κ1) is 20.7. The summed E-state index contributed by atoms with van der Waals surface area (Å²) in [5.41, 5.74) is -1.05. The van der Waals surface area contributed by atoms with E-state index in [4.69, 9.17) is 14.9 Å². The molecule has 0 saturated carbocycles. The van der Waals surface area contributed by atoms with Crippen molar-refractivity contribution in [3.05, 3.63) is 47.9 Å². The van der Waals surface area contributed by atoms with Crippen molar-refractivity contribution in [1.29, 1.82) is 5.41 Å². The molecule has 3 rings (SSSR count). The Hall–Kier alpha value is -2.98. The molecule has 2 atom stereocenters. The second-order valence-corrected chi connectivity index (χ2v) is 6.61. The number of nitrogens with zero attached hydrogens (tertiary/aromatic N) is 3. The molecule has 1 saturated heterocycles. The van der Waals surface area contributed by atoms with Gasteiger partial charge >= 0.3 is 0 Å². The van der Waals surface area contributed by atoms with Crippen molar-refractivity contribution >= 4 is 12.2 Å². The minimum Gasteiger partial charge on any atom is -0.436 e. The molecule has 1 aliphatic heterocycles. The van der Waals surface area contributed by atoms with Crippen molar-refractivity contribution in [2.45, 2.75) is 12.0 Å². The van der Waals surface area contributed by atoms with Crippen molar-refractivity contribution in [2.75, 3.05) is 27.3 Å². The molecule has 0 radical (unpaired) electrons. The highest BCUT2D eigenvalue weighted by molar-refractivity contribution is 5.89. The van der Waals surface area contributed by atoms with E-state index in [0.717, 1.165) is 23.8 Å². The fourth-order valence-electron chi connectivity index (χ4n) is 3.47. The molecular weight excluding hydrogens is 384 g/mol. The van der Waals surface area contributed by atoms with Crippen LogP contribution in [-0.4, -0.2) is 54.4 Å². The Labute approximate surface area is 166 Å². The van der Waals surface area contributed by atoms with Crippen LogP contribution in [0.5, 0.6) is 11.6 Å². The van der Waals surface area contributed by atoms with Crippen LogP contribution in [0.3, 0.4) is 0 Å². The largest absolute Gasteiger partial charge is 0.436 e. The Bertz CT molecular complexity index is 913. The second-order valence-electron chi connectivity index (χ2n) is 6.61. The quantitative estimate of drug-likeness (QED) is 0.564. The molecule has 10 heteroatoms. The molecule has 2 heterocycles. The van der Waals surface area contributed by atoms with Crippen molar-refractivity contribution in [1.82, 2.24) is 20.2 Å². The number of ether oxygens (including phenoxy) is 2. The SMILES string of the molecule is CN[C@@]1(c2cc(Oc3ncncc3F)ccc2F)COCC[C@H]1C(=O)N(C)C=N. The van der Waals surface area contributed by atoms with Crippen molar-refractivity contribution < 1.29 is 23.0 Å². The summed E-state index contributed by atoms with van der Waals surface area (Å²) in [6.07, 6.45) is 3.34. The third-order valence-corrected chi connectivity index (χ3v) is 5.03. The van der Waals surface area contributed by atoms with E-state index in [1.165, 1.54) is 25.2 Å². The van der Waals surface area contributed by atoms with E-state index < -0.39 is 23.1 Å². The molecule has 1 aromatic carbocycles. The summed E-state index contributed by atoms with van der Waals surface area (Å²) in [5.74, 6) is -2.52. The van der Waals surface area contributed by atoms with Gasteiger partial charge in [0.15, 0.2) is 0 Å². The maximum Gasteiger partial charge on any atom is 0.259 e. The number of carbonyl (C=O) groups is 1. The van der Waals surface area contributed by atoms with Crippen molar-refractivity contribution in [3.8, 4) is 11.6 Å². The zero-order valence-electron chi connectivity index (χ0n) is 16.0. The first-order valence-electron chi connectivity index (χ1n) is 8.90. The molecule has 0 bridgehead atoms. The number of halogens is 2. The second kappa shape index (κ2) is 8.58. The maximum atomic E-state index is 14.9. The highest BCUT2D eigenvalue weighted by Gasteiger charge is 2.48. The van der Waals surface area contributed by atoms with Crippen LogP contribution in [0.4, 0.5) is 8.78 Å². The van der Waals surface area contributed by atoms with Gasteiger partial charge in [-0.05, 0) is 31.7 Å². The van der Waals surface area contributed by atoms with Crippen LogP contribution in [0.2, 0.25) is 0 Å². The highest BCUT2D eigenvalue weighted by atomic mass is 19.1. The molecule has 0 unspecified atom stereocenters. The first-order valence-corrected chi connectivity index (χ1v) is 8.90. The lowest BCUT2D eigenvalue weighted by Crippen LogP contribution is -2.58. The van der Waals surface area contributed by atoms with Crippen molar-refractivity contribution in [2.24, 2.45) is 5.92 Å². The van der Waals surface area contributed by atoms with E-state index in [1.807, 2.05) is 0 Å². The fraction of sp³-hybridized carbons (Fsp3) is 0.368. The summed E-state index contributed by atoms with van der Waals surface area (Å²) < 4.78 is 39.8. The maximum absolute atomic E-state index is 14.9. The number of likely N-dealkylation sites (N-methyl/N-ethyl adjacent to an activating group) is 1. The normalized spacial score (nSPS) is 21.4. The lowest BCUT2D eigenvalue weighted by atomic mass is 9.74. The number of hydrogen-bond donors (Lipinski definition) is 2. The number of amides is 1. The molecule has 1 aromatic heterocycles.